The molecule has 0 aromatic heterocycles. The minimum atomic E-state index is 0. The lowest BCUT2D eigenvalue weighted by molar-refractivity contribution is -0.130. The molecule has 2 N–H and O–H groups in total. The van der Waals surface area contributed by atoms with Crippen LogP contribution in [-0.4, -0.2) is 42.4 Å². The Morgan fingerprint density at radius 1 is 1.60 bits per heavy atom. The van der Waals surface area contributed by atoms with Gasteiger partial charge in [-0.05, 0) is 38.0 Å². The van der Waals surface area contributed by atoms with Gasteiger partial charge in [0.25, 0.3) is 0 Å². The first-order valence-electron chi connectivity index (χ1n) is 5.24. The molecular weight excluding hydrogens is 232 g/mol. The highest BCUT2D eigenvalue weighted by molar-refractivity contribution is 7.99. The van der Waals surface area contributed by atoms with Gasteiger partial charge >= 0.3 is 0 Å². The summed E-state index contributed by atoms with van der Waals surface area (Å²) in [5.74, 6) is 1.55. The maximum Gasteiger partial charge on any atom is 0.232 e. The Morgan fingerprint density at radius 2 is 2.33 bits per heavy atom. The van der Waals surface area contributed by atoms with Crippen molar-refractivity contribution in [2.24, 2.45) is 11.7 Å². The van der Waals surface area contributed by atoms with E-state index >= 15 is 0 Å². The number of nitrogens with two attached hydrogens (primary N) is 1. The first-order valence-corrected chi connectivity index (χ1v) is 6.64. The van der Waals surface area contributed by atoms with Gasteiger partial charge in [-0.1, -0.05) is 0 Å². The van der Waals surface area contributed by atoms with Crippen LogP contribution in [0.2, 0.25) is 0 Å². The van der Waals surface area contributed by atoms with Crippen molar-refractivity contribution in [1.82, 2.24) is 4.90 Å². The molecule has 0 radical (unpaired) electrons. The minimum absolute atomic E-state index is 0. The molecule has 1 rings (SSSR count). The van der Waals surface area contributed by atoms with Crippen LogP contribution in [-0.2, 0) is 4.79 Å². The van der Waals surface area contributed by atoms with E-state index in [0.29, 0.717) is 17.6 Å². The van der Waals surface area contributed by atoms with E-state index in [4.69, 9.17) is 5.73 Å². The first-order chi connectivity index (χ1) is 6.77. The van der Waals surface area contributed by atoms with Gasteiger partial charge in [0, 0.05) is 13.1 Å². The van der Waals surface area contributed by atoms with E-state index in [-0.39, 0.29) is 12.4 Å². The molecule has 0 spiro atoms. The number of rotatable bonds is 4. The number of carbonyl (C=O) groups excluding carboxylic acids is 1. The monoisotopic (exact) mass is 252 g/mol. The molecule has 0 bridgehead atoms. The van der Waals surface area contributed by atoms with Crippen LogP contribution >= 0.6 is 24.2 Å². The number of amides is 1. The zero-order valence-corrected chi connectivity index (χ0v) is 10.9. The van der Waals surface area contributed by atoms with Gasteiger partial charge in [-0.15, -0.1) is 12.4 Å². The number of thioether (sulfide) groups is 1. The highest BCUT2D eigenvalue weighted by Gasteiger charge is 2.22. The lowest BCUT2D eigenvalue weighted by Crippen LogP contribution is -2.41. The molecule has 1 amide bonds. The van der Waals surface area contributed by atoms with Crippen LogP contribution < -0.4 is 5.73 Å². The lowest BCUT2D eigenvalue weighted by Gasteiger charge is -2.32. The Kier molecular flexibility index (Phi) is 8.29. The van der Waals surface area contributed by atoms with E-state index in [1.807, 2.05) is 11.2 Å². The fourth-order valence-corrected chi connectivity index (χ4v) is 2.41. The summed E-state index contributed by atoms with van der Waals surface area (Å²) in [4.78, 5) is 13.6. The topological polar surface area (TPSA) is 46.3 Å². The van der Waals surface area contributed by atoms with Crippen LogP contribution in [0.3, 0.4) is 0 Å². The van der Waals surface area contributed by atoms with Crippen LogP contribution in [0, 0.1) is 5.92 Å². The number of carbonyl (C=O) groups is 1. The summed E-state index contributed by atoms with van der Waals surface area (Å²) in [6, 6.07) is 0. The number of piperidine rings is 1. The van der Waals surface area contributed by atoms with E-state index < -0.39 is 0 Å². The molecule has 3 nitrogen and oxygen atoms in total. The molecule has 1 fully saturated rings. The van der Waals surface area contributed by atoms with Gasteiger partial charge in [-0.25, -0.2) is 0 Å². The Bertz CT molecular complexity index is 190. The van der Waals surface area contributed by atoms with Crippen molar-refractivity contribution in [3.05, 3.63) is 0 Å². The maximum atomic E-state index is 11.6. The molecule has 1 aliphatic rings. The summed E-state index contributed by atoms with van der Waals surface area (Å²) in [6.45, 7) is 2.62. The molecule has 0 aromatic carbocycles. The second kappa shape index (κ2) is 8.25. The van der Waals surface area contributed by atoms with E-state index in [1.54, 1.807) is 11.8 Å². The SMILES string of the molecule is CSCC(=O)N1CCCC(CCN)C1.Cl. The highest BCUT2D eigenvalue weighted by Crippen LogP contribution is 2.19. The van der Waals surface area contributed by atoms with Crippen LogP contribution in [0.1, 0.15) is 19.3 Å². The van der Waals surface area contributed by atoms with Crippen molar-refractivity contribution < 1.29 is 4.79 Å². The number of hydrogen-bond acceptors (Lipinski definition) is 3. The standard InChI is InChI=1S/C10H20N2OS.ClH/c1-14-8-10(13)12-6-2-3-9(7-12)4-5-11;/h9H,2-8,11H2,1H3;1H. The predicted octanol–water partition coefficient (Wildman–Crippen LogP) is 1.36. The molecule has 0 aromatic rings. The minimum Gasteiger partial charge on any atom is -0.342 e. The summed E-state index contributed by atoms with van der Waals surface area (Å²) < 4.78 is 0. The summed E-state index contributed by atoms with van der Waals surface area (Å²) in [7, 11) is 0. The van der Waals surface area contributed by atoms with Crippen molar-refractivity contribution in [2.45, 2.75) is 19.3 Å². The summed E-state index contributed by atoms with van der Waals surface area (Å²) >= 11 is 1.60. The molecule has 1 saturated heterocycles. The molecule has 15 heavy (non-hydrogen) atoms. The maximum absolute atomic E-state index is 11.6. The molecule has 90 valence electrons. The molecule has 0 saturated carbocycles. The Labute approximate surface area is 103 Å². The predicted molar refractivity (Wildman–Crippen MR) is 68.6 cm³/mol. The van der Waals surface area contributed by atoms with Gasteiger partial charge in [-0.3, -0.25) is 4.79 Å². The van der Waals surface area contributed by atoms with Gasteiger partial charge < -0.3 is 10.6 Å². The van der Waals surface area contributed by atoms with Crippen LogP contribution in [0.5, 0.6) is 0 Å². The number of nitrogens with zero attached hydrogens (tertiary/aromatic N) is 1. The summed E-state index contributed by atoms with van der Waals surface area (Å²) in [5, 5.41) is 0. The van der Waals surface area contributed by atoms with Crippen molar-refractivity contribution in [3.63, 3.8) is 0 Å². The molecule has 1 unspecified atom stereocenters. The van der Waals surface area contributed by atoms with E-state index in [9.17, 15) is 4.79 Å². The lowest BCUT2D eigenvalue weighted by atomic mass is 9.95. The average Bonchev–Trinajstić information content (AvgIpc) is 2.19. The van der Waals surface area contributed by atoms with Crippen molar-refractivity contribution in [1.29, 1.82) is 0 Å². The largest absolute Gasteiger partial charge is 0.342 e. The first kappa shape index (κ1) is 15.1. The second-order valence-electron chi connectivity index (χ2n) is 3.86. The molecule has 5 heteroatoms. The molecule has 0 aliphatic carbocycles. The molecular formula is C10H21ClN2OS. The Morgan fingerprint density at radius 3 is 2.93 bits per heavy atom. The highest BCUT2D eigenvalue weighted by atomic mass is 35.5. The molecule has 1 atom stereocenters. The fraction of sp³-hybridized carbons (Fsp3) is 0.900. The number of halogens is 1. The van der Waals surface area contributed by atoms with Crippen molar-refractivity contribution in [2.75, 3.05) is 31.6 Å². The molecule has 1 aliphatic heterocycles. The summed E-state index contributed by atoms with van der Waals surface area (Å²) in [6.07, 6.45) is 5.41. The summed E-state index contributed by atoms with van der Waals surface area (Å²) in [5.41, 5.74) is 5.53. The quantitative estimate of drug-likeness (QED) is 0.822. The normalized spacial score (nSPS) is 20.9. The van der Waals surface area contributed by atoms with Gasteiger partial charge in [-0.2, -0.15) is 11.8 Å². The average molecular weight is 253 g/mol. The Hall–Kier alpha value is 0.0700. The zero-order chi connectivity index (χ0) is 10.4. The fourth-order valence-electron chi connectivity index (χ4n) is 1.98. The van der Waals surface area contributed by atoms with Gasteiger partial charge in [0.2, 0.25) is 5.91 Å². The second-order valence-corrected chi connectivity index (χ2v) is 4.72. The van der Waals surface area contributed by atoms with E-state index in [0.717, 1.165) is 32.5 Å². The number of hydrogen-bond donors (Lipinski definition) is 1. The van der Waals surface area contributed by atoms with Gasteiger partial charge in [0.05, 0.1) is 5.75 Å². The van der Waals surface area contributed by atoms with Crippen molar-refractivity contribution in [3.8, 4) is 0 Å². The third-order valence-electron chi connectivity index (χ3n) is 2.71. The van der Waals surface area contributed by atoms with Crippen LogP contribution in [0.15, 0.2) is 0 Å². The van der Waals surface area contributed by atoms with Crippen LogP contribution in [0.25, 0.3) is 0 Å². The van der Waals surface area contributed by atoms with E-state index in [2.05, 4.69) is 0 Å². The smallest absolute Gasteiger partial charge is 0.232 e. The third kappa shape index (κ3) is 5.09. The number of likely N-dealkylation sites (tertiary alicyclic amines) is 1. The van der Waals surface area contributed by atoms with Gasteiger partial charge in [0.1, 0.15) is 0 Å². The Balaban J connectivity index is 0.00000196. The zero-order valence-electron chi connectivity index (χ0n) is 9.28. The van der Waals surface area contributed by atoms with E-state index in [1.165, 1.54) is 6.42 Å². The van der Waals surface area contributed by atoms with Crippen molar-refractivity contribution >= 4 is 30.1 Å². The third-order valence-corrected chi connectivity index (χ3v) is 3.25. The van der Waals surface area contributed by atoms with Gasteiger partial charge in [0.15, 0.2) is 0 Å². The molecule has 1 heterocycles. The van der Waals surface area contributed by atoms with Crippen LogP contribution in [0.4, 0.5) is 0 Å².